The molecule has 1 aliphatic rings. The number of aliphatic carboxylic acids is 1. The molecule has 1 rings (SSSR count). The van der Waals surface area contributed by atoms with E-state index in [0.29, 0.717) is 0 Å². The minimum Gasteiger partial charge on any atom is -0.497 e. The van der Waals surface area contributed by atoms with E-state index in [1.165, 1.54) is 0 Å². The van der Waals surface area contributed by atoms with Crippen LogP contribution in [0.15, 0.2) is 36.6 Å². The van der Waals surface area contributed by atoms with Crippen LogP contribution in [0.5, 0.6) is 0 Å². The molecule has 3 nitrogen and oxygen atoms in total. The Morgan fingerprint density at radius 2 is 2.44 bits per heavy atom. The number of ether oxygens (including phenoxy) is 1. The Labute approximate surface area is 96.1 Å². The van der Waals surface area contributed by atoms with E-state index in [0.717, 1.165) is 18.6 Å². The van der Waals surface area contributed by atoms with Crippen LogP contribution in [0, 0.1) is 11.3 Å². The van der Waals surface area contributed by atoms with Gasteiger partial charge in [-0.05, 0) is 25.0 Å². The maximum absolute atomic E-state index is 11.2. The second-order valence-electron chi connectivity index (χ2n) is 4.26. The van der Waals surface area contributed by atoms with Gasteiger partial charge in [-0.25, -0.2) is 0 Å². The first-order chi connectivity index (χ1) is 7.53. The van der Waals surface area contributed by atoms with Crippen LogP contribution in [0.2, 0.25) is 0 Å². The normalized spacial score (nSPS) is 28.4. The summed E-state index contributed by atoms with van der Waals surface area (Å²) in [4.78, 5) is 11.2. The van der Waals surface area contributed by atoms with Crippen molar-refractivity contribution in [2.24, 2.45) is 11.3 Å². The monoisotopic (exact) mass is 222 g/mol. The smallest absolute Gasteiger partial charge is 0.311 e. The third kappa shape index (κ3) is 2.54. The standard InChI is InChI=1S/C13H18O3/c1-4-5-8-13(2)9-10(16-3)6-7-11(13)12(14)15/h4,6-7,9,11H,1,5,8H2,2-3H3,(H,14,15). The summed E-state index contributed by atoms with van der Waals surface area (Å²) < 4.78 is 5.15. The van der Waals surface area contributed by atoms with E-state index in [9.17, 15) is 9.90 Å². The molecule has 0 fully saturated rings. The molecule has 16 heavy (non-hydrogen) atoms. The number of allylic oxidation sites excluding steroid dienone is 3. The number of carboxylic acid groups (broad SMARTS) is 1. The zero-order chi connectivity index (χ0) is 12.2. The third-order valence-corrected chi connectivity index (χ3v) is 3.02. The van der Waals surface area contributed by atoms with Crippen LogP contribution in [0.3, 0.4) is 0 Å². The van der Waals surface area contributed by atoms with Gasteiger partial charge < -0.3 is 9.84 Å². The van der Waals surface area contributed by atoms with Crippen molar-refractivity contribution >= 4 is 5.97 Å². The van der Waals surface area contributed by atoms with Gasteiger partial charge in [-0.1, -0.05) is 19.1 Å². The van der Waals surface area contributed by atoms with Gasteiger partial charge in [-0.2, -0.15) is 0 Å². The Kier molecular flexibility index (Phi) is 3.93. The van der Waals surface area contributed by atoms with Gasteiger partial charge in [0.1, 0.15) is 5.76 Å². The highest BCUT2D eigenvalue weighted by Gasteiger charge is 2.37. The lowest BCUT2D eigenvalue weighted by Gasteiger charge is -2.33. The molecule has 0 aromatic carbocycles. The molecule has 0 amide bonds. The molecule has 0 spiro atoms. The van der Waals surface area contributed by atoms with Crippen LogP contribution in [0.1, 0.15) is 19.8 Å². The summed E-state index contributed by atoms with van der Waals surface area (Å²) in [7, 11) is 1.59. The summed E-state index contributed by atoms with van der Waals surface area (Å²) in [6.07, 6.45) is 8.67. The lowest BCUT2D eigenvalue weighted by Crippen LogP contribution is -2.32. The van der Waals surface area contributed by atoms with E-state index in [-0.39, 0.29) is 0 Å². The van der Waals surface area contributed by atoms with Crippen LogP contribution in [0.4, 0.5) is 0 Å². The van der Waals surface area contributed by atoms with Crippen molar-refractivity contribution in [2.75, 3.05) is 7.11 Å². The fourth-order valence-electron chi connectivity index (χ4n) is 2.01. The predicted molar refractivity (Wildman–Crippen MR) is 62.9 cm³/mol. The van der Waals surface area contributed by atoms with Crippen LogP contribution in [0.25, 0.3) is 0 Å². The highest BCUT2D eigenvalue weighted by atomic mass is 16.5. The molecule has 0 radical (unpaired) electrons. The third-order valence-electron chi connectivity index (χ3n) is 3.02. The van der Waals surface area contributed by atoms with E-state index in [1.807, 2.05) is 19.1 Å². The molecule has 0 aromatic rings. The van der Waals surface area contributed by atoms with Gasteiger partial charge in [0, 0.05) is 5.41 Å². The highest BCUT2D eigenvalue weighted by molar-refractivity contribution is 5.74. The second kappa shape index (κ2) is 5.01. The summed E-state index contributed by atoms with van der Waals surface area (Å²) in [5.74, 6) is -0.565. The van der Waals surface area contributed by atoms with Crippen LogP contribution >= 0.6 is 0 Å². The number of methoxy groups -OCH3 is 1. The molecular formula is C13H18O3. The molecule has 0 saturated carbocycles. The van der Waals surface area contributed by atoms with Crippen LogP contribution < -0.4 is 0 Å². The number of hydrogen-bond acceptors (Lipinski definition) is 2. The van der Waals surface area contributed by atoms with Crippen molar-refractivity contribution in [2.45, 2.75) is 19.8 Å². The largest absolute Gasteiger partial charge is 0.497 e. The predicted octanol–water partition coefficient (Wildman–Crippen LogP) is 2.76. The van der Waals surface area contributed by atoms with Gasteiger partial charge in [0.2, 0.25) is 0 Å². The van der Waals surface area contributed by atoms with E-state index in [2.05, 4.69) is 6.58 Å². The molecule has 1 aliphatic carbocycles. The molecule has 0 aromatic heterocycles. The topological polar surface area (TPSA) is 46.5 Å². The van der Waals surface area contributed by atoms with Crippen molar-refractivity contribution in [1.29, 1.82) is 0 Å². The zero-order valence-corrected chi connectivity index (χ0v) is 9.77. The minimum absolute atomic E-state index is 0.403. The molecule has 2 unspecified atom stereocenters. The number of carboxylic acids is 1. The molecule has 0 aliphatic heterocycles. The van der Waals surface area contributed by atoms with Crippen LogP contribution in [-0.4, -0.2) is 18.2 Å². The maximum atomic E-state index is 11.2. The molecule has 1 N–H and O–H groups in total. The summed E-state index contributed by atoms with van der Waals surface area (Å²) in [6, 6.07) is 0. The van der Waals surface area contributed by atoms with Gasteiger partial charge in [0.25, 0.3) is 0 Å². The maximum Gasteiger partial charge on any atom is 0.311 e. The Balaban J connectivity index is 2.96. The van der Waals surface area contributed by atoms with E-state index in [4.69, 9.17) is 4.74 Å². The molecule has 88 valence electrons. The Morgan fingerprint density at radius 1 is 1.75 bits per heavy atom. The summed E-state index contributed by atoms with van der Waals surface area (Å²) in [5, 5.41) is 9.19. The van der Waals surface area contributed by atoms with Gasteiger partial charge >= 0.3 is 5.97 Å². The highest BCUT2D eigenvalue weighted by Crippen LogP contribution is 2.39. The first-order valence-electron chi connectivity index (χ1n) is 5.32. The number of hydrogen-bond donors (Lipinski definition) is 1. The van der Waals surface area contributed by atoms with Crippen molar-refractivity contribution in [3.8, 4) is 0 Å². The van der Waals surface area contributed by atoms with Gasteiger partial charge in [-0.15, -0.1) is 6.58 Å². The molecular weight excluding hydrogens is 204 g/mol. The fourth-order valence-corrected chi connectivity index (χ4v) is 2.01. The lowest BCUT2D eigenvalue weighted by atomic mass is 9.71. The SMILES string of the molecule is C=CCCC1(C)C=C(OC)C=CC1C(=O)O. The lowest BCUT2D eigenvalue weighted by molar-refractivity contribution is -0.143. The average molecular weight is 222 g/mol. The summed E-state index contributed by atoms with van der Waals surface area (Å²) in [6.45, 7) is 5.61. The quantitative estimate of drug-likeness (QED) is 0.727. The minimum atomic E-state index is -0.797. The Bertz CT molecular complexity index is 341. The zero-order valence-electron chi connectivity index (χ0n) is 9.77. The Morgan fingerprint density at radius 3 is 2.94 bits per heavy atom. The van der Waals surface area contributed by atoms with Crippen LogP contribution in [-0.2, 0) is 9.53 Å². The van der Waals surface area contributed by atoms with Gasteiger partial charge in [-0.3, -0.25) is 4.79 Å². The molecule has 2 atom stereocenters. The van der Waals surface area contributed by atoms with Crippen molar-refractivity contribution in [3.05, 3.63) is 36.6 Å². The van der Waals surface area contributed by atoms with Crippen molar-refractivity contribution in [1.82, 2.24) is 0 Å². The second-order valence-corrected chi connectivity index (χ2v) is 4.26. The molecule has 3 heteroatoms. The van der Waals surface area contributed by atoms with Gasteiger partial charge in [0.05, 0.1) is 13.0 Å². The van der Waals surface area contributed by atoms with Crippen molar-refractivity contribution < 1.29 is 14.6 Å². The first kappa shape index (κ1) is 12.6. The molecule has 0 heterocycles. The average Bonchev–Trinajstić information content (AvgIpc) is 2.25. The van der Waals surface area contributed by atoms with E-state index in [1.54, 1.807) is 19.3 Å². The van der Waals surface area contributed by atoms with Gasteiger partial charge in [0.15, 0.2) is 0 Å². The fraction of sp³-hybridized carbons (Fsp3) is 0.462. The number of carbonyl (C=O) groups is 1. The summed E-state index contributed by atoms with van der Waals surface area (Å²) in [5.41, 5.74) is -0.403. The first-order valence-corrected chi connectivity index (χ1v) is 5.32. The number of rotatable bonds is 5. The summed E-state index contributed by atoms with van der Waals surface area (Å²) >= 11 is 0. The molecule has 0 saturated heterocycles. The van der Waals surface area contributed by atoms with E-state index < -0.39 is 17.3 Å². The van der Waals surface area contributed by atoms with Crippen molar-refractivity contribution in [3.63, 3.8) is 0 Å². The van der Waals surface area contributed by atoms with E-state index >= 15 is 0 Å². The molecule has 0 bridgehead atoms. The Hall–Kier alpha value is -1.51.